The van der Waals surface area contributed by atoms with Crippen molar-refractivity contribution in [3.8, 4) is 0 Å². The summed E-state index contributed by atoms with van der Waals surface area (Å²) in [5.41, 5.74) is 1.26. The number of carbonyl (C=O) groups is 1. The molecule has 8 nitrogen and oxygen atoms in total. The van der Waals surface area contributed by atoms with Gasteiger partial charge < -0.3 is 10.0 Å². The molecule has 8 heteroatoms. The number of aliphatic hydroxyl groups excluding tert-OH is 1. The van der Waals surface area contributed by atoms with Crippen LogP contribution in [-0.4, -0.2) is 55.2 Å². The molecule has 2 aliphatic rings. The van der Waals surface area contributed by atoms with E-state index in [9.17, 15) is 9.90 Å². The maximum Gasteiger partial charge on any atom is 0.228 e. The first-order chi connectivity index (χ1) is 11.6. The molecule has 0 unspecified atom stereocenters. The van der Waals surface area contributed by atoms with Crippen LogP contribution in [0.2, 0.25) is 0 Å². The van der Waals surface area contributed by atoms with E-state index in [4.69, 9.17) is 0 Å². The number of aryl methyl sites for hydroxylation is 1. The van der Waals surface area contributed by atoms with Gasteiger partial charge in [0.2, 0.25) is 5.91 Å². The minimum absolute atomic E-state index is 0.00159. The van der Waals surface area contributed by atoms with Crippen LogP contribution in [0.3, 0.4) is 0 Å². The Bertz CT molecular complexity index is 713. The molecule has 1 N–H and O–H groups in total. The second-order valence-electron chi connectivity index (χ2n) is 6.88. The average molecular weight is 331 g/mol. The largest absolute Gasteiger partial charge is 0.391 e. The summed E-state index contributed by atoms with van der Waals surface area (Å²) in [5.74, 6) is 0.809. The highest BCUT2D eigenvalue weighted by molar-refractivity contribution is 5.78. The maximum absolute atomic E-state index is 12.5. The van der Waals surface area contributed by atoms with Crippen molar-refractivity contribution in [3.63, 3.8) is 0 Å². The van der Waals surface area contributed by atoms with Crippen molar-refractivity contribution < 1.29 is 14.5 Å². The molecule has 1 amide bonds. The number of fused-ring (bicyclic) bond motifs is 1. The fourth-order valence-electron chi connectivity index (χ4n) is 4.04. The number of hydrogen-bond acceptors (Lipinski definition) is 6. The topological polar surface area (TPSA) is 97.3 Å². The Morgan fingerprint density at radius 3 is 2.79 bits per heavy atom. The number of hydrogen-bond donors (Lipinski definition) is 1. The van der Waals surface area contributed by atoms with Gasteiger partial charge in [0.1, 0.15) is 11.4 Å². The molecule has 0 bridgehead atoms. The zero-order valence-corrected chi connectivity index (χ0v) is 13.6. The molecule has 4 atom stereocenters. The standard InChI is InChI=1S/C16H21N5O3/c1-10-13(19-24-18-10)7-16(23)20-8-11-5-14(21-4-2-3-17-21)15(22)6-12(11)9-20/h2-4,11-12,14-15,22H,5-9H2,1H3/t11-,12+,14-,15-/m1/s1. The quantitative estimate of drug-likeness (QED) is 0.884. The summed E-state index contributed by atoms with van der Waals surface area (Å²) in [6, 6.07) is 1.87. The van der Waals surface area contributed by atoms with Gasteiger partial charge in [0.15, 0.2) is 0 Å². The van der Waals surface area contributed by atoms with E-state index in [1.165, 1.54) is 0 Å². The molecule has 0 spiro atoms. The molecule has 128 valence electrons. The first kappa shape index (κ1) is 15.3. The van der Waals surface area contributed by atoms with Crippen molar-refractivity contribution in [3.05, 3.63) is 29.8 Å². The number of nitrogens with zero attached hydrogens (tertiary/aromatic N) is 5. The first-order valence-electron chi connectivity index (χ1n) is 8.35. The van der Waals surface area contributed by atoms with E-state index in [2.05, 4.69) is 20.0 Å². The van der Waals surface area contributed by atoms with Gasteiger partial charge in [-0.15, -0.1) is 0 Å². The van der Waals surface area contributed by atoms with Gasteiger partial charge in [-0.05, 0) is 37.7 Å². The van der Waals surface area contributed by atoms with Crippen molar-refractivity contribution in [1.29, 1.82) is 0 Å². The number of rotatable bonds is 3. The van der Waals surface area contributed by atoms with Gasteiger partial charge in [-0.2, -0.15) is 5.10 Å². The Hall–Kier alpha value is -2.22. The maximum atomic E-state index is 12.5. The lowest BCUT2D eigenvalue weighted by molar-refractivity contribution is -0.129. The van der Waals surface area contributed by atoms with Gasteiger partial charge in [-0.1, -0.05) is 10.3 Å². The van der Waals surface area contributed by atoms with Crippen molar-refractivity contribution >= 4 is 5.91 Å². The Kier molecular flexibility index (Phi) is 3.84. The van der Waals surface area contributed by atoms with E-state index < -0.39 is 6.10 Å². The molecular weight excluding hydrogens is 310 g/mol. The lowest BCUT2D eigenvalue weighted by Gasteiger charge is -2.35. The highest BCUT2D eigenvalue weighted by Gasteiger charge is 2.43. The number of carbonyl (C=O) groups excluding carboxylic acids is 1. The first-order valence-corrected chi connectivity index (χ1v) is 8.35. The SMILES string of the molecule is Cc1nonc1CC(=O)N1C[C@H]2C[C@@H](n3cccn3)[C@H](O)C[C@H]2C1. The second-order valence-corrected chi connectivity index (χ2v) is 6.88. The highest BCUT2D eigenvalue weighted by atomic mass is 16.6. The third-order valence-corrected chi connectivity index (χ3v) is 5.39. The summed E-state index contributed by atoms with van der Waals surface area (Å²) in [5, 5.41) is 22.2. The zero-order valence-electron chi connectivity index (χ0n) is 13.6. The fraction of sp³-hybridized carbons (Fsp3) is 0.625. The third kappa shape index (κ3) is 2.71. The van der Waals surface area contributed by atoms with Crippen LogP contribution in [0.1, 0.15) is 30.3 Å². The summed E-state index contributed by atoms with van der Waals surface area (Å²) < 4.78 is 6.50. The van der Waals surface area contributed by atoms with Gasteiger partial charge >= 0.3 is 0 Å². The fourth-order valence-corrected chi connectivity index (χ4v) is 4.04. The molecule has 2 fully saturated rings. The van der Waals surface area contributed by atoms with E-state index in [0.717, 1.165) is 13.0 Å². The molecule has 1 aliphatic carbocycles. The molecule has 3 heterocycles. The van der Waals surface area contributed by atoms with E-state index in [-0.39, 0.29) is 18.4 Å². The summed E-state index contributed by atoms with van der Waals surface area (Å²) in [6.45, 7) is 3.23. The minimum atomic E-state index is -0.414. The van der Waals surface area contributed by atoms with E-state index in [0.29, 0.717) is 36.2 Å². The summed E-state index contributed by atoms with van der Waals surface area (Å²) >= 11 is 0. The number of aromatic nitrogens is 4. The van der Waals surface area contributed by atoms with Gasteiger partial charge in [0.25, 0.3) is 0 Å². The van der Waals surface area contributed by atoms with E-state index in [1.54, 1.807) is 13.1 Å². The molecule has 0 aromatic carbocycles. The summed E-state index contributed by atoms with van der Waals surface area (Å²) in [4.78, 5) is 14.4. The molecule has 1 saturated carbocycles. The van der Waals surface area contributed by atoms with Crippen molar-refractivity contribution in [1.82, 2.24) is 25.0 Å². The van der Waals surface area contributed by atoms with Gasteiger partial charge in [0, 0.05) is 25.5 Å². The van der Waals surface area contributed by atoms with E-state index >= 15 is 0 Å². The molecule has 2 aromatic rings. The van der Waals surface area contributed by atoms with Crippen LogP contribution < -0.4 is 0 Å². The van der Waals surface area contributed by atoms with E-state index in [1.807, 2.05) is 21.8 Å². The number of amides is 1. The molecule has 4 rings (SSSR count). The Balaban J connectivity index is 1.42. The normalized spacial score (nSPS) is 29.7. The second kappa shape index (κ2) is 6.01. The third-order valence-electron chi connectivity index (χ3n) is 5.39. The highest BCUT2D eigenvalue weighted by Crippen LogP contribution is 2.41. The number of aliphatic hydroxyl groups is 1. The molecule has 1 saturated heterocycles. The van der Waals surface area contributed by atoms with Crippen molar-refractivity contribution in [2.45, 2.75) is 38.3 Å². The lowest BCUT2D eigenvalue weighted by atomic mass is 9.77. The molecule has 24 heavy (non-hydrogen) atoms. The summed E-state index contributed by atoms with van der Waals surface area (Å²) in [6.07, 6.45) is 5.00. The lowest BCUT2D eigenvalue weighted by Crippen LogP contribution is -2.36. The molecule has 2 aromatic heterocycles. The van der Waals surface area contributed by atoms with Crippen LogP contribution >= 0.6 is 0 Å². The van der Waals surface area contributed by atoms with Crippen LogP contribution in [0.4, 0.5) is 0 Å². The zero-order chi connectivity index (χ0) is 16.7. The van der Waals surface area contributed by atoms with Gasteiger partial charge in [0.05, 0.1) is 18.6 Å². The Morgan fingerprint density at radius 1 is 1.33 bits per heavy atom. The predicted molar refractivity (Wildman–Crippen MR) is 82.8 cm³/mol. The Labute approximate surface area is 139 Å². The average Bonchev–Trinajstić information content (AvgIpc) is 3.27. The minimum Gasteiger partial charge on any atom is -0.391 e. The molecule has 1 aliphatic heterocycles. The van der Waals surface area contributed by atoms with Gasteiger partial charge in [-0.25, -0.2) is 4.63 Å². The predicted octanol–water partition coefficient (Wildman–Crippen LogP) is 0.588. The molecular formula is C16H21N5O3. The van der Waals surface area contributed by atoms with Crippen LogP contribution in [0.5, 0.6) is 0 Å². The summed E-state index contributed by atoms with van der Waals surface area (Å²) in [7, 11) is 0. The van der Waals surface area contributed by atoms with Crippen LogP contribution in [0.15, 0.2) is 23.1 Å². The number of likely N-dealkylation sites (tertiary alicyclic amines) is 1. The monoisotopic (exact) mass is 331 g/mol. The van der Waals surface area contributed by atoms with Crippen molar-refractivity contribution in [2.75, 3.05) is 13.1 Å². The smallest absolute Gasteiger partial charge is 0.228 e. The van der Waals surface area contributed by atoms with Crippen LogP contribution in [0, 0.1) is 18.8 Å². The van der Waals surface area contributed by atoms with Crippen molar-refractivity contribution in [2.24, 2.45) is 11.8 Å². The van der Waals surface area contributed by atoms with Crippen LogP contribution in [-0.2, 0) is 11.2 Å². The Morgan fingerprint density at radius 2 is 2.12 bits per heavy atom. The molecule has 0 radical (unpaired) electrons. The van der Waals surface area contributed by atoms with Crippen LogP contribution in [0.25, 0.3) is 0 Å². The van der Waals surface area contributed by atoms with Gasteiger partial charge in [-0.3, -0.25) is 9.48 Å².